The summed E-state index contributed by atoms with van der Waals surface area (Å²) in [5, 5.41) is 3.30. The third-order valence-electron chi connectivity index (χ3n) is 6.96. The van der Waals surface area contributed by atoms with Gasteiger partial charge in [0, 0.05) is 23.5 Å². The van der Waals surface area contributed by atoms with Crippen molar-refractivity contribution in [3.8, 4) is 0 Å². The van der Waals surface area contributed by atoms with Crippen LogP contribution in [0.2, 0.25) is 0 Å². The molecule has 1 aliphatic carbocycles. The number of hydrogen-bond acceptors (Lipinski definition) is 2. The number of carbonyl (C=O) groups is 2. The second-order valence-corrected chi connectivity index (χ2v) is 10.8. The first-order valence-electron chi connectivity index (χ1n) is 12.9. The van der Waals surface area contributed by atoms with Crippen molar-refractivity contribution in [2.45, 2.75) is 70.5 Å². The molecule has 188 valence electrons. The Labute approximate surface area is 223 Å². The molecule has 0 bridgehead atoms. The molecule has 1 fully saturated rings. The maximum absolute atomic E-state index is 13.8. The largest absolute Gasteiger partial charge is 0.352 e. The van der Waals surface area contributed by atoms with E-state index in [1.807, 2.05) is 85.8 Å². The lowest BCUT2D eigenvalue weighted by Crippen LogP contribution is -2.53. The summed E-state index contributed by atoms with van der Waals surface area (Å²) < 4.78 is 0.986. The van der Waals surface area contributed by atoms with E-state index in [4.69, 9.17) is 0 Å². The Hall–Kier alpha value is -2.92. The maximum atomic E-state index is 13.8. The van der Waals surface area contributed by atoms with Gasteiger partial charge in [0.25, 0.3) is 0 Å². The van der Waals surface area contributed by atoms with Gasteiger partial charge < -0.3 is 10.2 Å². The zero-order valence-corrected chi connectivity index (χ0v) is 22.5. The number of nitrogens with one attached hydrogen (secondary N) is 1. The number of rotatable bonds is 9. The van der Waals surface area contributed by atoms with Crippen LogP contribution in [0.5, 0.6) is 0 Å². The molecule has 0 heterocycles. The third kappa shape index (κ3) is 7.54. The van der Waals surface area contributed by atoms with Crippen molar-refractivity contribution < 1.29 is 9.59 Å². The molecule has 1 aliphatic rings. The third-order valence-corrected chi connectivity index (χ3v) is 7.49. The Morgan fingerprint density at radius 1 is 0.861 bits per heavy atom. The molecule has 0 spiro atoms. The number of carbonyl (C=O) groups excluding carboxylic acids is 2. The van der Waals surface area contributed by atoms with Crippen molar-refractivity contribution in [1.29, 1.82) is 0 Å². The Morgan fingerprint density at radius 3 is 2.17 bits per heavy atom. The van der Waals surface area contributed by atoms with E-state index in [1.54, 1.807) is 4.90 Å². The van der Waals surface area contributed by atoms with E-state index < -0.39 is 6.04 Å². The molecule has 1 atom stereocenters. The molecule has 1 N–H and O–H groups in total. The fourth-order valence-electron chi connectivity index (χ4n) is 4.87. The average molecular weight is 548 g/mol. The molecule has 0 unspecified atom stereocenters. The molecule has 0 aliphatic heterocycles. The predicted molar refractivity (Wildman–Crippen MR) is 149 cm³/mol. The number of hydrogen-bond donors (Lipinski definition) is 1. The summed E-state index contributed by atoms with van der Waals surface area (Å²) in [5.41, 5.74) is 4.16. The fourth-order valence-corrected chi connectivity index (χ4v) is 5.13. The normalized spacial score (nSPS) is 14.7. The summed E-state index contributed by atoms with van der Waals surface area (Å²) in [6, 6.07) is 25.6. The van der Waals surface area contributed by atoms with Gasteiger partial charge in [-0.1, -0.05) is 107 Å². The molecule has 3 aromatic carbocycles. The van der Waals surface area contributed by atoms with Crippen LogP contribution in [0.25, 0.3) is 0 Å². The number of nitrogens with zero attached hydrogens (tertiary/aromatic N) is 1. The van der Waals surface area contributed by atoms with Crippen LogP contribution in [0.4, 0.5) is 0 Å². The summed E-state index contributed by atoms with van der Waals surface area (Å²) in [7, 11) is 0. The summed E-state index contributed by atoms with van der Waals surface area (Å²) in [6.07, 6.45) is 6.27. The fraction of sp³-hybridized carbons (Fsp3) is 0.355. The topological polar surface area (TPSA) is 49.4 Å². The average Bonchev–Trinajstić information content (AvgIpc) is 2.89. The molecule has 0 radical (unpaired) electrons. The Kier molecular flexibility index (Phi) is 9.35. The van der Waals surface area contributed by atoms with Crippen molar-refractivity contribution in [3.05, 3.63) is 106 Å². The number of amides is 2. The lowest BCUT2D eigenvalue weighted by Gasteiger charge is -2.33. The van der Waals surface area contributed by atoms with Crippen LogP contribution in [-0.2, 0) is 29.0 Å². The molecule has 3 aromatic rings. The number of aryl methyl sites for hydroxylation is 1. The zero-order chi connectivity index (χ0) is 25.3. The molecule has 0 aromatic heterocycles. The van der Waals surface area contributed by atoms with Gasteiger partial charge in [0.05, 0.1) is 6.42 Å². The number of benzene rings is 3. The Morgan fingerprint density at radius 2 is 1.50 bits per heavy atom. The molecule has 1 saturated carbocycles. The maximum Gasteiger partial charge on any atom is 0.243 e. The highest BCUT2D eigenvalue weighted by molar-refractivity contribution is 9.10. The highest BCUT2D eigenvalue weighted by Gasteiger charge is 2.31. The van der Waals surface area contributed by atoms with E-state index in [-0.39, 0.29) is 24.3 Å². The van der Waals surface area contributed by atoms with E-state index in [0.717, 1.165) is 52.4 Å². The quantitative estimate of drug-likeness (QED) is 0.338. The summed E-state index contributed by atoms with van der Waals surface area (Å²) in [5.74, 6) is -0.0957. The second-order valence-electron chi connectivity index (χ2n) is 9.86. The zero-order valence-electron chi connectivity index (χ0n) is 21.0. The molecule has 2 amide bonds. The van der Waals surface area contributed by atoms with Crippen molar-refractivity contribution in [3.63, 3.8) is 0 Å². The van der Waals surface area contributed by atoms with Crippen molar-refractivity contribution in [2.24, 2.45) is 0 Å². The summed E-state index contributed by atoms with van der Waals surface area (Å²) >= 11 is 3.50. The second kappa shape index (κ2) is 12.9. The van der Waals surface area contributed by atoms with Gasteiger partial charge in [-0.3, -0.25) is 9.59 Å². The van der Waals surface area contributed by atoms with Gasteiger partial charge in [-0.25, -0.2) is 0 Å². The lowest BCUT2D eigenvalue weighted by atomic mass is 9.94. The van der Waals surface area contributed by atoms with E-state index in [2.05, 4.69) is 21.2 Å². The van der Waals surface area contributed by atoms with Gasteiger partial charge in [0.15, 0.2) is 0 Å². The summed E-state index contributed by atoms with van der Waals surface area (Å²) in [6.45, 7) is 2.42. The highest BCUT2D eigenvalue weighted by atomic mass is 79.9. The van der Waals surface area contributed by atoms with Gasteiger partial charge in [-0.05, 0) is 48.6 Å². The minimum atomic E-state index is -0.587. The van der Waals surface area contributed by atoms with Gasteiger partial charge in [0.1, 0.15) is 6.04 Å². The standard InChI is InChI=1S/C31H35BrN2O2/c1-23-12-14-25(15-13-23)21-30(35)34(22-26-16-18-27(32)19-17-26)29(20-24-8-4-2-5-9-24)31(36)33-28-10-6-3-7-11-28/h2,4-5,8-9,12-19,28-29H,3,6-7,10-11,20-22H2,1H3,(H,33,36)/t29-/m0/s1. The van der Waals surface area contributed by atoms with E-state index in [9.17, 15) is 9.59 Å². The first-order valence-corrected chi connectivity index (χ1v) is 13.7. The molecule has 4 rings (SSSR count). The van der Waals surface area contributed by atoms with Crippen LogP contribution in [0.1, 0.15) is 54.4 Å². The van der Waals surface area contributed by atoms with Crippen LogP contribution in [0.3, 0.4) is 0 Å². The van der Waals surface area contributed by atoms with E-state index in [0.29, 0.717) is 13.0 Å². The minimum Gasteiger partial charge on any atom is -0.352 e. The van der Waals surface area contributed by atoms with Crippen molar-refractivity contribution in [1.82, 2.24) is 10.2 Å². The first kappa shape index (κ1) is 26.2. The lowest BCUT2D eigenvalue weighted by molar-refractivity contribution is -0.141. The van der Waals surface area contributed by atoms with Crippen molar-refractivity contribution >= 4 is 27.7 Å². The molecule has 5 heteroatoms. The van der Waals surface area contributed by atoms with Gasteiger partial charge in [0.2, 0.25) is 11.8 Å². The highest BCUT2D eigenvalue weighted by Crippen LogP contribution is 2.21. The van der Waals surface area contributed by atoms with Crippen LogP contribution in [0.15, 0.2) is 83.3 Å². The SMILES string of the molecule is Cc1ccc(CC(=O)N(Cc2ccc(Br)cc2)[C@@H](Cc2ccccc2)C(=O)NC2CCCCC2)cc1. The van der Waals surface area contributed by atoms with Gasteiger partial charge in [-0.15, -0.1) is 0 Å². The van der Waals surface area contributed by atoms with Crippen LogP contribution < -0.4 is 5.32 Å². The molecular weight excluding hydrogens is 512 g/mol. The predicted octanol–water partition coefficient (Wildman–Crippen LogP) is 6.39. The van der Waals surface area contributed by atoms with Gasteiger partial charge in [-0.2, -0.15) is 0 Å². The number of halogens is 1. The monoisotopic (exact) mass is 546 g/mol. The first-order chi connectivity index (χ1) is 17.5. The van der Waals surface area contributed by atoms with Crippen LogP contribution in [0, 0.1) is 6.92 Å². The van der Waals surface area contributed by atoms with Gasteiger partial charge >= 0.3 is 0 Å². The molecular formula is C31H35BrN2O2. The molecule has 0 saturated heterocycles. The van der Waals surface area contributed by atoms with Crippen LogP contribution in [-0.4, -0.2) is 28.8 Å². The smallest absolute Gasteiger partial charge is 0.243 e. The summed E-state index contributed by atoms with van der Waals surface area (Å²) in [4.78, 5) is 29.4. The molecule has 4 nitrogen and oxygen atoms in total. The minimum absolute atomic E-state index is 0.0403. The Bertz CT molecular complexity index is 1120. The van der Waals surface area contributed by atoms with Crippen molar-refractivity contribution in [2.75, 3.05) is 0 Å². The van der Waals surface area contributed by atoms with Crippen LogP contribution >= 0.6 is 15.9 Å². The Balaban J connectivity index is 1.64. The van der Waals surface area contributed by atoms with E-state index in [1.165, 1.54) is 6.42 Å². The van der Waals surface area contributed by atoms with E-state index >= 15 is 0 Å². The molecule has 36 heavy (non-hydrogen) atoms.